The number of nitrogens with one attached hydrogen (secondary N) is 1. The second-order valence-corrected chi connectivity index (χ2v) is 11.7. The summed E-state index contributed by atoms with van der Waals surface area (Å²) in [5, 5.41) is 8.24. The molecule has 5 atom stereocenters. The molecule has 6 rings (SSSR count). The van der Waals surface area contributed by atoms with Gasteiger partial charge in [0.25, 0.3) is 0 Å². The monoisotopic (exact) mass is 606 g/mol. The lowest BCUT2D eigenvalue weighted by atomic mass is 9.65. The number of rotatable bonds is 7. The fraction of sp³-hybridized carbons (Fsp3) is 0.500. The first-order valence-corrected chi connectivity index (χ1v) is 15.3. The summed E-state index contributed by atoms with van der Waals surface area (Å²) in [5.74, 6) is -0.113. The Balaban J connectivity index is 0.00000188. The molecule has 44 heavy (non-hydrogen) atoms. The molecule has 1 aromatic heterocycles. The Bertz CT molecular complexity index is 1480. The molecule has 3 heterocycles. The molecule has 1 saturated carbocycles. The quantitative estimate of drug-likeness (QED) is 0.300. The number of fused-ring (bicyclic) bond motifs is 6. The SMILES string of the molecule is CCOC(=O)Cc1ccc(C(=O)OC2CC3CN4CCc5c([nH]c6cc(OC)ccc56)C4CC3C(C(=O)OC)C2)cc1.CO. The van der Waals surface area contributed by atoms with Crippen molar-refractivity contribution < 1.29 is 38.4 Å². The van der Waals surface area contributed by atoms with E-state index in [9.17, 15) is 14.4 Å². The first-order valence-electron chi connectivity index (χ1n) is 15.3. The lowest BCUT2D eigenvalue weighted by molar-refractivity contribution is -0.155. The highest BCUT2D eigenvalue weighted by Crippen LogP contribution is 2.50. The summed E-state index contributed by atoms with van der Waals surface area (Å²) < 4.78 is 21.7. The van der Waals surface area contributed by atoms with Crippen LogP contribution >= 0.6 is 0 Å². The molecule has 0 spiro atoms. The summed E-state index contributed by atoms with van der Waals surface area (Å²) in [6, 6.07) is 13.2. The van der Waals surface area contributed by atoms with Crippen LogP contribution < -0.4 is 4.74 Å². The zero-order chi connectivity index (χ0) is 31.4. The van der Waals surface area contributed by atoms with Gasteiger partial charge in [0.15, 0.2) is 0 Å². The number of carbonyl (C=O) groups excluding carboxylic acids is 3. The van der Waals surface area contributed by atoms with Crippen LogP contribution in [0.4, 0.5) is 0 Å². The molecule has 0 radical (unpaired) electrons. The maximum Gasteiger partial charge on any atom is 0.338 e. The first-order chi connectivity index (χ1) is 21.4. The van der Waals surface area contributed by atoms with Crippen molar-refractivity contribution in [1.29, 1.82) is 0 Å². The molecule has 2 fully saturated rings. The first kappa shape index (κ1) is 31.5. The number of carbonyl (C=O) groups is 3. The third-order valence-corrected chi connectivity index (χ3v) is 9.36. The van der Waals surface area contributed by atoms with Crippen LogP contribution in [0.5, 0.6) is 5.75 Å². The molecule has 2 aliphatic heterocycles. The standard InChI is InChI=1S/C33H38N2O7.CH4O/c1-4-41-30(36)13-19-5-7-20(8-6-19)32(37)42-23-14-21-18-35-12-11-25-24-10-9-22(39-2)16-28(24)34-31(25)29(35)17-26(21)27(15-23)33(38)40-3;1-2/h5-10,16,21,23,26-27,29,34H,4,11-15,17-18H2,1-3H3;2H,1H3. The van der Waals surface area contributed by atoms with Crippen LogP contribution in [0.3, 0.4) is 0 Å². The highest BCUT2D eigenvalue weighted by atomic mass is 16.5. The number of aromatic nitrogens is 1. The van der Waals surface area contributed by atoms with Crippen LogP contribution in [0, 0.1) is 17.8 Å². The van der Waals surface area contributed by atoms with Crippen molar-refractivity contribution in [2.45, 2.75) is 51.2 Å². The average Bonchev–Trinajstić information content (AvgIpc) is 3.42. The van der Waals surface area contributed by atoms with E-state index in [-0.39, 0.29) is 48.3 Å². The maximum absolute atomic E-state index is 13.1. The van der Waals surface area contributed by atoms with E-state index in [1.54, 1.807) is 38.3 Å². The fourth-order valence-corrected chi connectivity index (χ4v) is 7.41. The summed E-state index contributed by atoms with van der Waals surface area (Å²) in [6.07, 6.45) is 2.75. The van der Waals surface area contributed by atoms with Crippen LogP contribution in [0.2, 0.25) is 0 Å². The van der Waals surface area contributed by atoms with Crippen molar-refractivity contribution in [3.8, 4) is 5.75 Å². The van der Waals surface area contributed by atoms with E-state index >= 15 is 0 Å². The average molecular weight is 607 g/mol. The van der Waals surface area contributed by atoms with Crippen LogP contribution in [-0.2, 0) is 36.6 Å². The normalized spacial score (nSPS) is 24.1. The smallest absolute Gasteiger partial charge is 0.338 e. The third-order valence-electron chi connectivity index (χ3n) is 9.36. The van der Waals surface area contributed by atoms with Crippen molar-refractivity contribution in [3.63, 3.8) is 0 Å². The predicted molar refractivity (Wildman–Crippen MR) is 163 cm³/mol. The number of hydrogen-bond acceptors (Lipinski definition) is 9. The van der Waals surface area contributed by atoms with E-state index < -0.39 is 5.97 Å². The van der Waals surface area contributed by atoms with Gasteiger partial charge in [0, 0.05) is 42.9 Å². The Morgan fingerprint density at radius 1 is 1.02 bits per heavy atom. The van der Waals surface area contributed by atoms with Gasteiger partial charge in [-0.25, -0.2) is 4.79 Å². The molecule has 3 aromatic rings. The van der Waals surface area contributed by atoms with Gasteiger partial charge >= 0.3 is 17.9 Å². The van der Waals surface area contributed by atoms with Crippen molar-refractivity contribution in [2.24, 2.45) is 17.8 Å². The van der Waals surface area contributed by atoms with Gasteiger partial charge in [0.1, 0.15) is 11.9 Å². The third kappa shape index (κ3) is 6.32. The molecule has 3 aliphatic rings. The minimum Gasteiger partial charge on any atom is -0.497 e. The molecular weight excluding hydrogens is 564 g/mol. The van der Waals surface area contributed by atoms with E-state index in [1.165, 1.54) is 23.8 Å². The summed E-state index contributed by atoms with van der Waals surface area (Å²) in [4.78, 5) is 44.2. The van der Waals surface area contributed by atoms with Gasteiger partial charge in [-0.15, -0.1) is 0 Å². The Kier molecular flexibility index (Phi) is 9.90. The predicted octanol–water partition coefficient (Wildman–Crippen LogP) is 4.23. The minimum atomic E-state index is -0.422. The van der Waals surface area contributed by atoms with E-state index in [2.05, 4.69) is 16.0 Å². The summed E-state index contributed by atoms with van der Waals surface area (Å²) in [7, 11) is 4.11. The number of ether oxygens (including phenoxy) is 4. The number of H-pyrrole nitrogens is 1. The zero-order valence-electron chi connectivity index (χ0n) is 25.8. The molecule has 2 aromatic carbocycles. The zero-order valence-corrected chi connectivity index (χ0v) is 25.8. The molecule has 1 aliphatic carbocycles. The Labute approximate surface area is 257 Å². The molecule has 10 heteroatoms. The van der Waals surface area contributed by atoms with Crippen molar-refractivity contribution in [2.75, 3.05) is 41.0 Å². The fourth-order valence-electron chi connectivity index (χ4n) is 7.41. The van der Waals surface area contributed by atoms with Crippen LogP contribution in [0.15, 0.2) is 42.5 Å². The van der Waals surface area contributed by atoms with Crippen LogP contribution in [0.1, 0.15) is 59.4 Å². The number of piperidine rings is 1. The van der Waals surface area contributed by atoms with Crippen molar-refractivity contribution in [3.05, 3.63) is 64.8 Å². The topological polar surface area (TPSA) is 127 Å². The van der Waals surface area contributed by atoms with Gasteiger partial charge in [0.2, 0.25) is 0 Å². The molecule has 5 unspecified atom stereocenters. The highest BCUT2D eigenvalue weighted by molar-refractivity contribution is 5.90. The Morgan fingerprint density at radius 3 is 2.50 bits per heavy atom. The minimum absolute atomic E-state index is 0.141. The number of aromatic amines is 1. The summed E-state index contributed by atoms with van der Waals surface area (Å²) in [5.41, 5.74) is 4.87. The number of esters is 3. The number of benzene rings is 2. The summed E-state index contributed by atoms with van der Waals surface area (Å²) >= 11 is 0. The van der Waals surface area contributed by atoms with Gasteiger partial charge in [-0.05, 0) is 79.8 Å². The largest absolute Gasteiger partial charge is 0.497 e. The van der Waals surface area contributed by atoms with E-state index in [4.69, 9.17) is 24.1 Å². The van der Waals surface area contributed by atoms with Gasteiger partial charge in [-0.1, -0.05) is 12.1 Å². The Hall–Kier alpha value is -3.89. The van der Waals surface area contributed by atoms with E-state index in [0.29, 0.717) is 25.0 Å². The lowest BCUT2D eigenvalue weighted by Gasteiger charge is -2.51. The molecule has 0 amide bonds. The highest BCUT2D eigenvalue weighted by Gasteiger charge is 2.49. The van der Waals surface area contributed by atoms with Crippen molar-refractivity contribution in [1.82, 2.24) is 9.88 Å². The number of methoxy groups -OCH3 is 2. The maximum atomic E-state index is 13.1. The molecule has 10 nitrogen and oxygen atoms in total. The van der Waals surface area contributed by atoms with Crippen molar-refractivity contribution >= 4 is 28.8 Å². The number of aliphatic hydroxyl groups is 1. The second kappa shape index (κ2) is 13.8. The Morgan fingerprint density at radius 2 is 1.80 bits per heavy atom. The van der Waals surface area contributed by atoms with Gasteiger partial charge in [-0.2, -0.15) is 0 Å². The van der Waals surface area contributed by atoms with Gasteiger partial charge in [0.05, 0.1) is 44.8 Å². The molecular formula is C34H42N2O8. The van der Waals surface area contributed by atoms with Crippen LogP contribution in [-0.4, -0.2) is 80.0 Å². The lowest BCUT2D eigenvalue weighted by Crippen LogP contribution is -2.52. The number of aliphatic hydroxyl groups excluding tert-OH is 1. The molecule has 2 N–H and O–H groups in total. The molecule has 0 bridgehead atoms. The summed E-state index contributed by atoms with van der Waals surface area (Å²) in [6.45, 7) is 3.89. The molecule has 1 saturated heterocycles. The van der Waals surface area contributed by atoms with E-state index in [0.717, 1.165) is 49.9 Å². The van der Waals surface area contributed by atoms with E-state index in [1.807, 2.05) is 12.1 Å². The van der Waals surface area contributed by atoms with Gasteiger partial charge in [-0.3, -0.25) is 14.5 Å². The number of hydrogen-bond donors (Lipinski definition) is 2. The van der Waals surface area contributed by atoms with Gasteiger partial charge < -0.3 is 29.0 Å². The van der Waals surface area contributed by atoms with Crippen LogP contribution in [0.25, 0.3) is 10.9 Å². The molecule has 236 valence electrons. The second-order valence-electron chi connectivity index (χ2n) is 11.7. The number of nitrogens with zero attached hydrogens (tertiary/aromatic N) is 1.